The number of rotatable bonds is 3. The minimum atomic E-state index is -1.64. The molecule has 7 heteroatoms. The second-order valence-electron chi connectivity index (χ2n) is 2.56. The van der Waals surface area contributed by atoms with Gasteiger partial charge in [0.05, 0.1) is 0 Å². The number of hydrogen-bond donors (Lipinski definition) is 2. The Kier molecular flexibility index (Phi) is 3.44. The predicted molar refractivity (Wildman–Crippen MR) is 49.1 cm³/mol. The lowest BCUT2D eigenvalue weighted by molar-refractivity contribution is 0.112. The highest BCUT2D eigenvalue weighted by atomic mass is 16.7. The average molecular weight is 226 g/mol. The Labute approximate surface area is 88.8 Å². The molecule has 0 heterocycles. The number of carbonyl (C=O) groups is 3. The molecule has 7 nitrogen and oxygen atoms in total. The molecule has 0 saturated carbocycles. The van der Waals surface area contributed by atoms with Crippen LogP contribution in [0.25, 0.3) is 0 Å². The van der Waals surface area contributed by atoms with E-state index in [0.717, 1.165) is 12.1 Å². The van der Waals surface area contributed by atoms with Crippen molar-refractivity contribution in [2.75, 3.05) is 0 Å². The fourth-order valence-electron chi connectivity index (χ4n) is 0.950. The molecular weight excluding hydrogens is 220 g/mol. The van der Waals surface area contributed by atoms with E-state index in [0.29, 0.717) is 6.29 Å². The zero-order valence-corrected chi connectivity index (χ0v) is 7.75. The summed E-state index contributed by atoms with van der Waals surface area (Å²) in [5.74, 6) is -0.667. The van der Waals surface area contributed by atoms with Gasteiger partial charge in [-0.05, 0) is 18.2 Å². The zero-order chi connectivity index (χ0) is 12.1. The molecule has 0 spiro atoms. The van der Waals surface area contributed by atoms with Crippen molar-refractivity contribution in [1.82, 2.24) is 0 Å². The zero-order valence-electron chi connectivity index (χ0n) is 7.75. The molecule has 16 heavy (non-hydrogen) atoms. The molecule has 2 N–H and O–H groups in total. The van der Waals surface area contributed by atoms with Crippen LogP contribution in [0.1, 0.15) is 10.4 Å². The first kappa shape index (κ1) is 11.5. The van der Waals surface area contributed by atoms with Crippen LogP contribution in [0.3, 0.4) is 0 Å². The molecule has 0 bridgehead atoms. The summed E-state index contributed by atoms with van der Waals surface area (Å²) < 4.78 is 8.52. The number of carboxylic acid groups (broad SMARTS) is 2. The van der Waals surface area contributed by atoms with Crippen LogP contribution < -0.4 is 9.47 Å². The van der Waals surface area contributed by atoms with Crippen LogP contribution in [0.5, 0.6) is 11.5 Å². The largest absolute Gasteiger partial charge is 0.511 e. The van der Waals surface area contributed by atoms with Crippen molar-refractivity contribution in [3.63, 3.8) is 0 Å². The van der Waals surface area contributed by atoms with E-state index >= 15 is 0 Å². The molecule has 84 valence electrons. The third-order valence-electron chi connectivity index (χ3n) is 1.50. The molecule has 1 aromatic rings. The molecule has 0 atom stereocenters. The SMILES string of the molecule is O=Cc1ccc(OC(=O)O)c(OC(=O)O)c1. The number of aldehydes is 1. The van der Waals surface area contributed by atoms with Gasteiger partial charge >= 0.3 is 12.3 Å². The molecule has 0 unspecified atom stereocenters. The first-order valence-corrected chi connectivity index (χ1v) is 3.93. The van der Waals surface area contributed by atoms with Crippen molar-refractivity contribution in [2.24, 2.45) is 0 Å². The van der Waals surface area contributed by atoms with Crippen molar-refractivity contribution in [3.05, 3.63) is 23.8 Å². The Morgan fingerprint density at radius 2 is 1.62 bits per heavy atom. The Balaban J connectivity index is 3.09. The van der Waals surface area contributed by atoms with Gasteiger partial charge in [0.25, 0.3) is 0 Å². The third kappa shape index (κ3) is 2.98. The van der Waals surface area contributed by atoms with Crippen LogP contribution in [0.15, 0.2) is 18.2 Å². The number of benzene rings is 1. The van der Waals surface area contributed by atoms with Gasteiger partial charge in [-0.25, -0.2) is 9.59 Å². The first-order valence-electron chi connectivity index (χ1n) is 3.93. The van der Waals surface area contributed by atoms with Crippen LogP contribution >= 0.6 is 0 Å². The molecule has 0 radical (unpaired) electrons. The molecule has 1 aromatic carbocycles. The maximum absolute atomic E-state index is 10.4. The van der Waals surface area contributed by atoms with Gasteiger partial charge in [-0.2, -0.15) is 0 Å². The first-order chi connectivity index (χ1) is 7.52. The maximum atomic E-state index is 10.4. The summed E-state index contributed by atoms with van der Waals surface area (Å²) in [5, 5.41) is 16.7. The van der Waals surface area contributed by atoms with E-state index in [4.69, 9.17) is 10.2 Å². The normalized spacial score (nSPS) is 9.25. The summed E-state index contributed by atoms with van der Waals surface area (Å²) in [6.45, 7) is 0. The monoisotopic (exact) mass is 226 g/mol. The smallest absolute Gasteiger partial charge is 0.449 e. The Morgan fingerprint density at radius 1 is 1.06 bits per heavy atom. The summed E-state index contributed by atoms with van der Waals surface area (Å²) >= 11 is 0. The number of ether oxygens (including phenoxy) is 2. The number of hydrogen-bond acceptors (Lipinski definition) is 5. The highest BCUT2D eigenvalue weighted by Gasteiger charge is 2.13. The summed E-state index contributed by atoms with van der Waals surface area (Å²) in [6.07, 6.45) is -2.80. The van der Waals surface area contributed by atoms with Gasteiger partial charge in [0.15, 0.2) is 11.5 Å². The molecule has 0 aliphatic carbocycles. The van der Waals surface area contributed by atoms with Crippen LogP contribution in [-0.2, 0) is 0 Å². The summed E-state index contributed by atoms with van der Waals surface area (Å²) in [7, 11) is 0. The lowest BCUT2D eigenvalue weighted by Gasteiger charge is -2.06. The Bertz CT molecular complexity index is 437. The lowest BCUT2D eigenvalue weighted by Crippen LogP contribution is -2.08. The van der Waals surface area contributed by atoms with E-state index in [1.807, 2.05) is 0 Å². The predicted octanol–water partition coefficient (Wildman–Crippen LogP) is 1.61. The minimum absolute atomic E-state index is 0.133. The van der Waals surface area contributed by atoms with Gasteiger partial charge in [0.1, 0.15) is 6.29 Å². The van der Waals surface area contributed by atoms with Crippen LogP contribution in [0, 0.1) is 0 Å². The standard InChI is InChI=1S/C9H6O7/c10-4-5-1-2-6(15-8(11)12)7(3-5)16-9(13)14/h1-4H,(H,11,12)(H,13,14). The highest BCUT2D eigenvalue weighted by Crippen LogP contribution is 2.28. The quantitative estimate of drug-likeness (QED) is 0.457. The van der Waals surface area contributed by atoms with Crippen molar-refractivity contribution in [3.8, 4) is 11.5 Å². The summed E-state index contributed by atoms with van der Waals surface area (Å²) in [5.41, 5.74) is 0.133. The van der Waals surface area contributed by atoms with Gasteiger partial charge in [0, 0.05) is 5.56 Å². The minimum Gasteiger partial charge on any atom is -0.449 e. The average Bonchev–Trinajstić information content (AvgIpc) is 2.19. The van der Waals surface area contributed by atoms with E-state index in [1.165, 1.54) is 6.07 Å². The Morgan fingerprint density at radius 3 is 2.12 bits per heavy atom. The molecule has 0 amide bonds. The molecule has 0 aliphatic rings. The van der Waals surface area contributed by atoms with Gasteiger partial charge in [-0.3, -0.25) is 4.79 Å². The van der Waals surface area contributed by atoms with Gasteiger partial charge in [-0.15, -0.1) is 0 Å². The van der Waals surface area contributed by atoms with E-state index in [1.54, 1.807) is 0 Å². The van der Waals surface area contributed by atoms with Crippen LogP contribution in [-0.4, -0.2) is 28.8 Å². The van der Waals surface area contributed by atoms with E-state index in [-0.39, 0.29) is 17.1 Å². The summed E-state index contributed by atoms with van der Waals surface area (Å²) in [6, 6.07) is 3.44. The fraction of sp³-hybridized carbons (Fsp3) is 0. The van der Waals surface area contributed by atoms with Crippen molar-refractivity contribution < 1.29 is 34.1 Å². The van der Waals surface area contributed by atoms with Crippen LogP contribution in [0.2, 0.25) is 0 Å². The molecule has 0 saturated heterocycles. The molecule has 1 rings (SSSR count). The van der Waals surface area contributed by atoms with Crippen LogP contribution in [0.4, 0.5) is 9.59 Å². The van der Waals surface area contributed by atoms with Crippen molar-refractivity contribution in [2.45, 2.75) is 0 Å². The van der Waals surface area contributed by atoms with Crippen molar-refractivity contribution in [1.29, 1.82) is 0 Å². The molecule has 0 aliphatic heterocycles. The fourth-order valence-corrected chi connectivity index (χ4v) is 0.950. The third-order valence-corrected chi connectivity index (χ3v) is 1.50. The second kappa shape index (κ2) is 4.78. The molecular formula is C9H6O7. The maximum Gasteiger partial charge on any atom is 0.511 e. The van der Waals surface area contributed by atoms with E-state index < -0.39 is 12.3 Å². The topological polar surface area (TPSA) is 110 Å². The lowest BCUT2D eigenvalue weighted by atomic mass is 10.2. The highest BCUT2D eigenvalue weighted by molar-refractivity contribution is 5.78. The van der Waals surface area contributed by atoms with E-state index in [9.17, 15) is 14.4 Å². The van der Waals surface area contributed by atoms with Gasteiger partial charge in [-0.1, -0.05) is 0 Å². The van der Waals surface area contributed by atoms with Gasteiger partial charge < -0.3 is 19.7 Å². The Hall–Kier alpha value is -2.57. The molecule has 0 aromatic heterocycles. The van der Waals surface area contributed by atoms with Gasteiger partial charge in [0.2, 0.25) is 0 Å². The number of carbonyl (C=O) groups excluding carboxylic acids is 1. The summed E-state index contributed by atoms with van der Waals surface area (Å²) in [4.78, 5) is 31.0. The molecule has 0 fully saturated rings. The second-order valence-corrected chi connectivity index (χ2v) is 2.56. The van der Waals surface area contributed by atoms with Crippen molar-refractivity contribution >= 4 is 18.6 Å². The van der Waals surface area contributed by atoms with E-state index in [2.05, 4.69) is 9.47 Å².